The Labute approximate surface area is 188 Å². The van der Waals surface area contributed by atoms with Crippen molar-refractivity contribution >= 4 is 27.3 Å². The molecule has 1 saturated heterocycles. The van der Waals surface area contributed by atoms with Gasteiger partial charge in [-0.1, -0.05) is 48.0 Å². The van der Waals surface area contributed by atoms with Gasteiger partial charge in [-0.15, -0.1) is 0 Å². The van der Waals surface area contributed by atoms with Crippen LogP contribution in [0, 0.1) is 6.92 Å². The second-order valence-corrected chi connectivity index (χ2v) is 10.1. The third kappa shape index (κ3) is 3.52. The molecule has 0 atom stereocenters. The molecule has 0 spiro atoms. The van der Waals surface area contributed by atoms with Gasteiger partial charge < -0.3 is 9.80 Å². The first-order valence-corrected chi connectivity index (χ1v) is 12.2. The van der Waals surface area contributed by atoms with Crippen molar-refractivity contribution in [3.63, 3.8) is 0 Å². The number of carbonyl (C=O) groups is 1. The van der Waals surface area contributed by atoms with Gasteiger partial charge in [0.05, 0.1) is 10.6 Å². The number of sulfonamides is 1. The number of para-hydroxylation sites is 1. The average Bonchev–Trinajstić information content (AvgIpc) is 2.82. The number of carbonyl (C=O) groups excluding carboxylic acids is 1. The van der Waals surface area contributed by atoms with E-state index in [0.29, 0.717) is 24.3 Å². The monoisotopic (exact) mass is 447 g/mol. The first-order chi connectivity index (χ1) is 15.4. The summed E-state index contributed by atoms with van der Waals surface area (Å²) < 4.78 is 28.2. The highest BCUT2D eigenvalue weighted by Crippen LogP contribution is 2.43. The van der Waals surface area contributed by atoms with E-state index in [9.17, 15) is 13.2 Å². The number of piperazine rings is 1. The van der Waals surface area contributed by atoms with Gasteiger partial charge in [0.15, 0.2) is 0 Å². The summed E-state index contributed by atoms with van der Waals surface area (Å²) in [4.78, 5) is 17.5. The van der Waals surface area contributed by atoms with Crippen LogP contribution in [0.25, 0.3) is 11.1 Å². The number of hydrogen-bond acceptors (Lipinski definition) is 4. The zero-order valence-electron chi connectivity index (χ0n) is 17.9. The first-order valence-electron chi connectivity index (χ1n) is 10.8. The predicted octanol–water partition coefficient (Wildman–Crippen LogP) is 3.52. The molecule has 3 aromatic rings. The van der Waals surface area contributed by atoms with Crippen molar-refractivity contribution in [2.24, 2.45) is 0 Å². The molecule has 7 heteroatoms. The maximum absolute atomic E-state index is 13.5. The fourth-order valence-electron chi connectivity index (χ4n) is 4.49. The molecule has 2 heterocycles. The highest BCUT2D eigenvalue weighted by atomic mass is 32.2. The van der Waals surface area contributed by atoms with E-state index in [-0.39, 0.29) is 17.3 Å². The molecular weight excluding hydrogens is 422 g/mol. The minimum Gasteiger partial charge on any atom is -0.368 e. The van der Waals surface area contributed by atoms with Crippen molar-refractivity contribution in [2.45, 2.75) is 11.8 Å². The van der Waals surface area contributed by atoms with Crippen LogP contribution in [-0.2, 0) is 14.8 Å². The van der Waals surface area contributed by atoms with Crippen LogP contribution in [0.15, 0.2) is 77.7 Å². The molecule has 0 aromatic heterocycles. The average molecular weight is 448 g/mol. The summed E-state index contributed by atoms with van der Waals surface area (Å²) in [5.41, 5.74) is 4.27. The molecule has 0 saturated carbocycles. The van der Waals surface area contributed by atoms with Crippen molar-refractivity contribution in [1.29, 1.82) is 0 Å². The zero-order chi connectivity index (χ0) is 22.3. The maximum atomic E-state index is 13.5. The lowest BCUT2D eigenvalue weighted by Crippen LogP contribution is -2.52. The van der Waals surface area contributed by atoms with Gasteiger partial charge >= 0.3 is 0 Å². The molecule has 1 amide bonds. The summed E-state index contributed by atoms with van der Waals surface area (Å²) in [5.74, 6) is -0.174. The van der Waals surface area contributed by atoms with Gasteiger partial charge in [-0.2, -0.15) is 0 Å². The van der Waals surface area contributed by atoms with Gasteiger partial charge in [0, 0.05) is 43.0 Å². The minimum atomic E-state index is -3.82. The number of nitrogens with zero attached hydrogens (tertiary/aromatic N) is 3. The summed E-state index contributed by atoms with van der Waals surface area (Å²) >= 11 is 0. The molecule has 1 fully saturated rings. The molecule has 0 N–H and O–H groups in total. The summed E-state index contributed by atoms with van der Waals surface area (Å²) in [6.45, 7) is 4.37. The van der Waals surface area contributed by atoms with E-state index in [1.807, 2.05) is 49.4 Å². The lowest BCUT2D eigenvalue weighted by Gasteiger charge is -2.38. The third-order valence-corrected chi connectivity index (χ3v) is 8.02. The van der Waals surface area contributed by atoms with E-state index < -0.39 is 10.0 Å². The van der Waals surface area contributed by atoms with Crippen LogP contribution < -0.4 is 9.21 Å². The van der Waals surface area contributed by atoms with E-state index in [1.165, 1.54) is 4.31 Å². The van der Waals surface area contributed by atoms with Crippen molar-refractivity contribution in [3.8, 4) is 11.1 Å². The summed E-state index contributed by atoms with van der Waals surface area (Å²) in [6, 6.07) is 22.8. The summed E-state index contributed by atoms with van der Waals surface area (Å²) in [7, 11) is -3.82. The highest BCUT2D eigenvalue weighted by Gasteiger charge is 2.37. The minimum absolute atomic E-state index is 0.174. The molecular formula is C25H25N3O3S. The molecule has 164 valence electrons. The van der Waals surface area contributed by atoms with Gasteiger partial charge in [0.2, 0.25) is 5.91 Å². The predicted molar refractivity (Wildman–Crippen MR) is 126 cm³/mol. The van der Waals surface area contributed by atoms with Crippen LogP contribution in [0.4, 0.5) is 11.4 Å². The highest BCUT2D eigenvalue weighted by molar-refractivity contribution is 7.93. The molecule has 5 rings (SSSR count). The molecule has 2 aliphatic heterocycles. The van der Waals surface area contributed by atoms with Crippen LogP contribution in [0.1, 0.15) is 5.56 Å². The Bertz CT molecular complexity index is 1270. The number of anilines is 2. The molecule has 0 radical (unpaired) electrons. The van der Waals surface area contributed by atoms with Gasteiger partial charge in [-0.05, 0) is 37.3 Å². The van der Waals surface area contributed by atoms with E-state index >= 15 is 0 Å². The standard InChI is InChI=1S/C25H25N3O3S/c1-19-11-12-23-22(17-19)21-9-5-6-10-24(21)32(30,31)28(23)18-25(29)27-15-13-26(14-16-27)20-7-3-2-4-8-20/h2-12,17H,13-16,18H2,1H3. The van der Waals surface area contributed by atoms with E-state index in [4.69, 9.17) is 0 Å². The smallest absolute Gasteiger partial charge is 0.265 e. The van der Waals surface area contributed by atoms with Crippen molar-refractivity contribution in [3.05, 3.63) is 78.4 Å². The first kappa shape index (κ1) is 20.6. The quantitative estimate of drug-likeness (QED) is 0.616. The van der Waals surface area contributed by atoms with Crippen LogP contribution in [0.5, 0.6) is 0 Å². The van der Waals surface area contributed by atoms with Gasteiger partial charge in [0.1, 0.15) is 6.54 Å². The normalized spacial score (nSPS) is 17.0. The molecule has 0 aliphatic carbocycles. The molecule has 0 bridgehead atoms. The third-order valence-electron chi connectivity index (χ3n) is 6.20. The zero-order valence-corrected chi connectivity index (χ0v) is 18.8. The van der Waals surface area contributed by atoms with E-state index in [2.05, 4.69) is 17.0 Å². The number of hydrogen-bond donors (Lipinski definition) is 0. The Kier molecular flexibility index (Phi) is 5.13. The Morgan fingerprint density at radius 3 is 2.28 bits per heavy atom. The Morgan fingerprint density at radius 1 is 0.844 bits per heavy atom. The lowest BCUT2D eigenvalue weighted by atomic mass is 10.0. The van der Waals surface area contributed by atoms with Crippen molar-refractivity contribution in [1.82, 2.24) is 4.90 Å². The van der Waals surface area contributed by atoms with Gasteiger partial charge in [-0.25, -0.2) is 8.42 Å². The topological polar surface area (TPSA) is 60.9 Å². The molecule has 32 heavy (non-hydrogen) atoms. The maximum Gasteiger partial charge on any atom is 0.265 e. The second-order valence-electron chi connectivity index (χ2n) is 8.23. The lowest BCUT2D eigenvalue weighted by molar-refractivity contribution is -0.129. The fraction of sp³-hybridized carbons (Fsp3) is 0.240. The SMILES string of the molecule is Cc1ccc2c(c1)-c1ccccc1S(=O)(=O)N2CC(=O)N1CCN(c2ccccc2)CC1. The fourth-order valence-corrected chi connectivity index (χ4v) is 6.13. The van der Waals surface area contributed by atoms with Crippen LogP contribution in [0.3, 0.4) is 0 Å². The molecule has 3 aromatic carbocycles. The Morgan fingerprint density at radius 2 is 1.53 bits per heavy atom. The van der Waals surface area contributed by atoms with E-state index in [0.717, 1.165) is 29.9 Å². The molecule has 0 unspecified atom stereocenters. The molecule has 2 aliphatic rings. The summed E-state index contributed by atoms with van der Waals surface area (Å²) in [5, 5.41) is 0. The Balaban J connectivity index is 1.39. The van der Waals surface area contributed by atoms with Crippen LogP contribution in [-0.4, -0.2) is 51.9 Å². The number of fused-ring (bicyclic) bond motifs is 3. The van der Waals surface area contributed by atoms with Crippen molar-refractivity contribution in [2.75, 3.05) is 41.9 Å². The summed E-state index contributed by atoms with van der Waals surface area (Å²) in [6.07, 6.45) is 0. The van der Waals surface area contributed by atoms with E-state index in [1.54, 1.807) is 23.1 Å². The van der Waals surface area contributed by atoms with Crippen LogP contribution >= 0.6 is 0 Å². The number of benzene rings is 3. The second kappa shape index (κ2) is 7.98. The van der Waals surface area contributed by atoms with Gasteiger partial charge in [-0.3, -0.25) is 9.10 Å². The number of aryl methyl sites for hydroxylation is 1. The Hall–Kier alpha value is -3.32. The largest absolute Gasteiger partial charge is 0.368 e. The van der Waals surface area contributed by atoms with Crippen molar-refractivity contribution < 1.29 is 13.2 Å². The molecule has 6 nitrogen and oxygen atoms in total. The van der Waals surface area contributed by atoms with Crippen LogP contribution in [0.2, 0.25) is 0 Å². The van der Waals surface area contributed by atoms with Gasteiger partial charge in [0.25, 0.3) is 10.0 Å². The number of rotatable bonds is 3. The number of amides is 1.